The predicted octanol–water partition coefficient (Wildman–Crippen LogP) is 0.206. The fourth-order valence-corrected chi connectivity index (χ4v) is 1.24. The number of hydrogen-bond acceptors (Lipinski definition) is 4. The Labute approximate surface area is 101 Å². The molecule has 0 spiro atoms. The Hall–Kier alpha value is -1.59. The summed E-state index contributed by atoms with van der Waals surface area (Å²) < 4.78 is 5.56. The summed E-state index contributed by atoms with van der Waals surface area (Å²) >= 11 is 0. The van der Waals surface area contributed by atoms with Crippen LogP contribution in [-0.2, 0) is 11.2 Å². The number of hydrogen-bond donors (Lipinski definition) is 3. The summed E-state index contributed by atoms with van der Waals surface area (Å²) in [5, 5.41) is 3.09. The van der Waals surface area contributed by atoms with Gasteiger partial charge in [-0.2, -0.15) is 0 Å². The Morgan fingerprint density at radius 2 is 2.06 bits per heavy atom. The highest BCUT2D eigenvalue weighted by Gasteiger charge is 2.02. The minimum absolute atomic E-state index is 0.206. The van der Waals surface area contributed by atoms with E-state index in [2.05, 4.69) is 10.7 Å². The van der Waals surface area contributed by atoms with Gasteiger partial charge in [-0.1, -0.05) is 12.1 Å². The quantitative estimate of drug-likeness (QED) is 0.375. The molecule has 0 aliphatic heterocycles. The number of nitrogens with two attached hydrogens (primary N) is 1. The van der Waals surface area contributed by atoms with E-state index in [9.17, 15) is 4.79 Å². The summed E-state index contributed by atoms with van der Waals surface area (Å²) in [6, 6.07) is 7.71. The van der Waals surface area contributed by atoms with Crippen molar-refractivity contribution in [2.75, 3.05) is 13.7 Å². The molecule has 1 aromatic rings. The van der Waals surface area contributed by atoms with Gasteiger partial charge in [-0.15, -0.1) is 0 Å². The van der Waals surface area contributed by atoms with Crippen LogP contribution >= 0.6 is 0 Å². The number of benzene rings is 1. The molecule has 0 saturated heterocycles. The first-order valence-corrected chi connectivity index (χ1v) is 5.54. The van der Waals surface area contributed by atoms with Crippen molar-refractivity contribution in [3.05, 3.63) is 29.8 Å². The molecule has 4 N–H and O–H groups in total. The SMILES string of the molecule is CN[C@H](C)COc1ccc(CC(=O)NN)cc1. The zero-order chi connectivity index (χ0) is 12.7. The Morgan fingerprint density at radius 3 is 2.59 bits per heavy atom. The summed E-state index contributed by atoms with van der Waals surface area (Å²) in [5.41, 5.74) is 3.00. The molecule has 1 rings (SSSR count). The molecule has 1 aromatic carbocycles. The molecule has 5 nitrogen and oxygen atoms in total. The standard InChI is InChI=1S/C12H19N3O2/c1-9(14-2)8-17-11-5-3-10(4-6-11)7-12(16)15-13/h3-6,9,14H,7-8,13H2,1-2H3,(H,15,16)/t9-/m1/s1. The van der Waals surface area contributed by atoms with Gasteiger partial charge in [-0.25, -0.2) is 5.84 Å². The third kappa shape index (κ3) is 4.84. The highest BCUT2D eigenvalue weighted by Crippen LogP contribution is 2.12. The molecule has 0 saturated carbocycles. The van der Waals surface area contributed by atoms with Crippen molar-refractivity contribution >= 4 is 5.91 Å². The van der Waals surface area contributed by atoms with E-state index in [4.69, 9.17) is 10.6 Å². The highest BCUT2D eigenvalue weighted by atomic mass is 16.5. The second kappa shape index (κ2) is 6.88. The molecule has 0 aliphatic carbocycles. The topological polar surface area (TPSA) is 76.4 Å². The molecule has 94 valence electrons. The smallest absolute Gasteiger partial charge is 0.238 e. The molecule has 5 heteroatoms. The molecular weight excluding hydrogens is 218 g/mol. The summed E-state index contributed by atoms with van der Waals surface area (Å²) in [7, 11) is 1.89. The number of carbonyl (C=O) groups excluding carboxylic acids is 1. The van der Waals surface area contributed by atoms with E-state index in [1.807, 2.05) is 38.2 Å². The number of nitrogens with one attached hydrogen (secondary N) is 2. The van der Waals surface area contributed by atoms with E-state index in [1.165, 1.54) is 0 Å². The van der Waals surface area contributed by atoms with E-state index in [0.29, 0.717) is 12.6 Å². The lowest BCUT2D eigenvalue weighted by Gasteiger charge is -2.12. The Kier molecular flexibility index (Phi) is 5.45. The van der Waals surface area contributed by atoms with Crippen LogP contribution < -0.4 is 21.3 Å². The fourth-order valence-electron chi connectivity index (χ4n) is 1.24. The average Bonchev–Trinajstić information content (AvgIpc) is 2.37. The van der Waals surface area contributed by atoms with Gasteiger partial charge >= 0.3 is 0 Å². The molecule has 0 unspecified atom stereocenters. The second-order valence-electron chi connectivity index (χ2n) is 3.89. The summed E-state index contributed by atoms with van der Waals surface area (Å²) in [6.07, 6.45) is 0.281. The van der Waals surface area contributed by atoms with Crippen molar-refractivity contribution in [3.8, 4) is 5.75 Å². The minimum atomic E-state index is -0.206. The van der Waals surface area contributed by atoms with E-state index in [0.717, 1.165) is 11.3 Å². The Morgan fingerprint density at radius 1 is 1.41 bits per heavy atom. The molecule has 0 bridgehead atoms. The van der Waals surface area contributed by atoms with Crippen molar-refractivity contribution in [2.24, 2.45) is 5.84 Å². The predicted molar refractivity (Wildman–Crippen MR) is 66.5 cm³/mol. The highest BCUT2D eigenvalue weighted by molar-refractivity contribution is 5.77. The molecule has 1 atom stereocenters. The Bertz CT molecular complexity index is 351. The third-order valence-electron chi connectivity index (χ3n) is 2.44. The number of rotatable bonds is 6. The molecule has 17 heavy (non-hydrogen) atoms. The van der Waals surface area contributed by atoms with Crippen LogP contribution in [0.1, 0.15) is 12.5 Å². The monoisotopic (exact) mass is 237 g/mol. The third-order valence-corrected chi connectivity index (χ3v) is 2.44. The summed E-state index contributed by atoms with van der Waals surface area (Å²) in [5.74, 6) is 5.60. The van der Waals surface area contributed by atoms with Crippen LogP contribution in [0, 0.1) is 0 Å². The number of likely N-dealkylation sites (N-methyl/N-ethyl adjacent to an activating group) is 1. The van der Waals surface area contributed by atoms with Gasteiger partial charge in [-0.3, -0.25) is 10.2 Å². The van der Waals surface area contributed by atoms with Gasteiger partial charge in [0.05, 0.1) is 6.42 Å². The van der Waals surface area contributed by atoms with Gasteiger partial charge in [0.2, 0.25) is 5.91 Å². The maximum Gasteiger partial charge on any atom is 0.238 e. The molecule has 0 aromatic heterocycles. The zero-order valence-corrected chi connectivity index (χ0v) is 10.2. The largest absolute Gasteiger partial charge is 0.492 e. The number of hydrazine groups is 1. The average molecular weight is 237 g/mol. The molecule has 0 fully saturated rings. The van der Waals surface area contributed by atoms with Gasteiger partial charge in [0.15, 0.2) is 0 Å². The first-order chi connectivity index (χ1) is 8.15. The molecule has 0 radical (unpaired) electrons. The second-order valence-corrected chi connectivity index (χ2v) is 3.89. The Balaban J connectivity index is 2.47. The maximum absolute atomic E-state index is 11.0. The minimum Gasteiger partial charge on any atom is -0.492 e. The first kappa shape index (κ1) is 13.5. The molecule has 1 amide bonds. The van der Waals surface area contributed by atoms with Crippen LogP contribution in [0.15, 0.2) is 24.3 Å². The van der Waals surface area contributed by atoms with Gasteiger partial charge < -0.3 is 10.1 Å². The lowest BCUT2D eigenvalue weighted by Crippen LogP contribution is -2.31. The van der Waals surface area contributed by atoms with Crippen molar-refractivity contribution in [1.29, 1.82) is 0 Å². The number of ether oxygens (including phenoxy) is 1. The number of carbonyl (C=O) groups is 1. The maximum atomic E-state index is 11.0. The van der Waals surface area contributed by atoms with Crippen molar-refractivity contribution in [2.45, 2.75) is 19.4 Å². The van der Waals surface area contributed by atoms with Crippen molar-refractivity contribution in [1.82, 2.24) is 10.7 Å². The zero-order valence-electron chi connectivity index (χ0n) is 10.2. The molecule has 0 heterocycles. The first-order valence-electron chi connectivity index (χ1n) is 5.54. The van der Waals surface area contributed by atoms with Crippen LogP contribution in [-0.4, -0.2) is 25.6 Å². The van der Waals surface area contributed by atoms with Crippen molar-refractivity contribution in [3.63, 3.8) is 0 Å². The number of amides is 1. The van der Waals surface area contributed by atoms with Crippen molar-refractivity contribution < 1.29 is 9.53 Å². The van der Waals surface area contributed by atoms with E-state index in [-0.39, 0.29) is 12.3 Å². The summed E-state index contributed by atoms with van der Waals surface area (Å²) in [4.78, 5) is 11.0. The fraction of sp³-hybridized carbons (Fsp3) is 0.417. The lowest BCUT2D eigenvalue weighted by molar-refractivity contribution is -0.120. The van der Waals surface area contributed by atoms with E-state index >= 15 is 0 Å². The van der Waals surface area contributed by atoms with Gasteiger partial charge in [0.25, 0.3) is 0 Å². The molecular formula is C12H19N3O2. The van der Waals surface area contributed by atoms with Crippen LogP contribution in [0.4, 0.5) is 0 Å². The van der Waals surface area contributed by atoms with E-state index < -0.39 is 0 Å². The van der Waals surface area contributed by atoms with Gasteiger partial charge in [0.1, 0.15) is 12.4 Å². The van der Waals surface area contributed by atoms with Crippen LogP contribution in [0.5, 0.6) is 5.75 Å². The van der Waals surface area contributed by atoms with Crippen LogP contribution in [0.3, 0.4) is 0 Å². The van der Waals surface area contributed by atoms with Crippen LogP contribution in [0.25, 0.3) is 0 Å². The van der Waals surface area contributed by atoms with Crippen LogP contribution in [0.2, 0.25) is 0 Å². The van der Waals surface area contributed by atoms with Gasteiger partial charge in [-0.05, 0) is 31.7 Å². The normalized spacial score (nSPS) is 11.9. The van der Waals surface area contributed by atoms with Gasteiger partial charge in [0, 0.05) is 6.04 Å². The summed E-state index contributed by atoms with van der Waals surface area (Å²) in [6.45, 7) is 2.65. The lowest BCUT2D eigenvalue weighted by atomic mass is 10.1. The van der Waals surface area contributed by atoms with E-state index in [1.54, 1.807) is 0 Å². The molecule has 0 aliphatic rings.